The summed E-state index contributed by atoms with van der Waals surface area (Å²) >= 11 is 0. The molecule has 0 bridgehead atoms. The van der Waals surface area contributed by atoms with Crippen molar-refractivity contribution < 1.29 is 29.5 Å². The first kappa shape index (κ1) is 44.9. The maximum Gasteiger partial charge on any atom is 0.367 e. The molecule has 0 saturated carbocycles. The lowest BCUT2D eigenvalue weighted by Gasteiger charge is -2.60. The van der Waals surface area contributed by atoms with Crippen molar-refractivity contribution in [1.82, 2.24) is 10.1 Å². The van der Waals surface area contributed by atoms with Crippen LogP contribution in [-0.4, -0.2) is 60.2 Å². The van der Waals surface area contributed by atoms with Gasteiger partial charge in [-0.05, 0) is 103 Å². The Morgan fingerprint density at radius 2 is 0.808 bits per heavy atom. The van der Waals surface area contributed by atoms with Crippen LogP contribution >= 0.6 is 0 Å². The summed E-state index contributed by atoms with van der Waals surface area (Å²) < 4.78 is 0. The number of hydroxylamine groups is 4. The van der Waals surface area contributed by atoms with Crippen LogP contribution in [0.2, 0.25) is 0 Å². The molecule has 0 unspecified atom stereocenters. The first-order valence-corrected chi connectivity index (χ1v) is 19.3. The van der Waals surface area contributed by atoms with Gasteiger partial charge in [0, 0.05) is 12.8 Å². The number of unbranched alkanes of at least 4 members (excludes halogenated alkanes) is 4. The minimum atomic E-state index is -2.14. The zero-order valence-corrected chi connectivity index (χ0v) is 32.0. The molecule has 0 aliphatic carbocycles. The van der Waals surface area contributed by atoms with Gasteiger partial charge in [-0.2, -0.15) is 10.1 Å². The molecule has 0 spiro atoms. The van der Waals surface area contributed by atoms with E-state index in [1.807, 2.05) is 58.7 Å². The van der Waals surface area contributed by atoms with Crippen LogP contribution in [0.25, 0.3) is 0 Å². The molecule has 2 aliphatic rings. The number of carboxylic acids is 2. The first-order valence-electron chi connectivity index (χ1n) is 19.3. The maximum atomic E-state index is 14.2. The van der Waals surface area contributed by atoms with Crippen molar-refractivity contribution >= 4 is 11.9 Å². The van der Waals surface area contributed by atoms with Crippen LogP contribution in [0, 0.1) is 0 Å². The average molecular weight is 721 g/mol. The van der Waals surface area contributed by atoms with E-state index in [1.165, 1.54) is 0 Å². The van der Waals surface area contributed by atoms with Gasteiger partial charge in [0.2, 0.25) is 0 Å². The summed E-state index contributed by atoms with van der Waals surface area (Å²) in [6.07, 6.45) is 27.6. The SMILES string of the molecule is C=CCC1(CC=C)CCCC(CC=C)(CC=C)N1OC(CCCCCCCC(=O)O)(ON1C(CC=C)(CC=C)CCCC1(CC=C)CC=C)C(=O)O. The van der Waals surface area contributed by atoms with E-state index in [0.717, 1.165) is 51.4 Å². The second-order valence-electron chi connectivity index (χ2n) is 15.0. The molecule has 8 nitrogen and oxygen atoms in total. The van der Waals surface area contributed by atoms with E-state index < -0.39 is 39.9 Å². The van der Waals surface area contributed by atoms with Crippen LogP contribution in [-0.2, 0) is 19.3 Å². The summed E-state index contributed by atoms with van der Waals surface area (Å²) in [5.74, 6) is -4.17. The second kappa shape index (κ2) is 21.4. The van der Waals surface area contributed by atoms with E-state index in [9.17, 15) is 14.7 Å². The fourth-order valence-electron chi connectivity index (χ4n) is 9.01. The predicted octanol–water partition coefficient (Wildman–Crippen LogP) is 11.0. The maximum absolute atomic E-state index is 14.2. The van der Waals surface area contributed by atoms with Gasteiger partial charge in [-0.15, -0.1) is 52.6 Å². The van der Waals surface area contributed by atoms with Crippen LogP contribution in [0.1, 0.15) is 135 Å². The van der Waals surface area contributed by atoms with E-state index >= 15 is 0 Å². The molecule has 0 radical (unpaired) electrons. The molecule has 2 rings (SSSR count). The van der Waals surface area contributed by atoms with Crippen molar-refractivity contribution in [2.45, 2.75) is 163 Å². The van der Waals surface area contributed by atoms with Crippen molar-refractivity contribution in [1.29, 1.82) is 0 Å². The third-order valence-electron chi connectivity index (χ3n) is 11.2. The monoisotopic (exact) mass is 721 g/mol. The summed E-state index contributed by atoms with van der Waals surface area (Å²) in [7, 11) is 0. The zero-order chi connectivity index (χ0) is 38.7. The Morgan fingerprint density at radius 3 is 1.08 bits per heavy atom. The van der Waals surface area contributed by atoms with Gasteiger partial charge in [0.1, 0.15) is 0 Å². The minimum Gasteiger partial charge on any atom is -0.481 e. The minimum absolute atomic E-state index is 0.0568. The van der Waals surface area contributed by atoms with Crippen molar-refractivity contribution in [3.8, 4) is 0 Å². The molecular weight excluding hydrogens is 652 g/mol. The number of rotatable bonds is 29. The van der Waals surface area contributed by atoms with Crippen LogP contribution in [0.4, 0.5) is 0 Å². The van der Waals surface area contributed by atoms with Gasteiger partial charge in [-0.25, -0.2) is 14.5 Å². The van der Waals surface area contributed by atoms with E-state index in [2.05, 4.69) is 52.6 Å². The Bertz CT molecular complexity index is 1080. The van der Waals surface area contributed by atoms with Gasteiger partial charge in [0.25, 0.3) is 0 Å². The average Bonchev–Trinajstić information content (AvgIpc) is 3.08. The number of carboxylic acid groups (broad SMARTS) is 2. The predicted molar refractivity (Wildman–Crippen MR) is 213 cm³/mol. The van der Waals surface area contributed by atoms with Gasteiger partial charge in [0.05, 0.1) is 22.2 Å². The van der Waals surface area contributed by atoms with Crippen LogP contribution in [0.3, 0.4) is 0 Å². The number of nitrogens with zero attached hydrogens (tertiary/aromatic N) is 2. The van der Waals surface area contributed by atoms with Crippen molar-refractivity contribution in [2.24, 2.45) is 0 Å². The van der Waals surface area contributed by atoms with Gasteiger partial charge < -0.3 is 10.2 Å². The third-order valence-corrected chi connectivity index (χ3v) is 11.2. The normalized spacial score (nSPS) is 19.5. The lowest BCUT2D eigenvalue weighted by molar-refractivity contribution is -0.464. The van der Waals surface area contributed by atoms with Crippen LogP contribution in [0.5, 0.6) is 0 Å². The lowest BCUT2D eigenvalue weighted by atomic mass is 9.72. The van der Waals surface area contributed by atoms with Gasteiger partial charge in [0.15, 0.2) is 0 Å². The third kappa shape index (κ3) is 10.6. The fraction of sp³-hybridized carbons (Fsp3) is 0.591. The summed E-state index contributed by atoms with van der Waals surface area (Å²) in [5, 5.41) is 24.6. The van der Waals surface area contributed by atoms with Crippen molar-refractivity contribution in [2.75, 3.05) is 0 Å². The molecule has 0 aromatic rings. The largest absolute Gasteiger partial charge is 0.481 e. The van der Waals surface area contributed by atoms with E-state index in [1.54, 1.807) is 0 Å². The number of piperidine rings is 2. The van der Waals surface area contributed by atoms with E-state index in [4.69, 9.17) is 14.8 Å². The fourth-order valence-corrected chi connectivity index (χ4v) is 9.01. The molecule has 52 heavy (non-hydrogen) atoms. The highest BCUT2D eigenvalue weighted by atomic mass is 16.9. The number of aliphatic carboxylic acids is 2. The molecule has 2 heterocycles. The summed E-state index contributed by atoms with van der Waals surface area (Å²) in [5.41, 5.74) is -2.57. The highest BCUT2D eigenvalue weighted by Gasteiger charge is 2.60. The zero-order valence-electron chi connectivity index (χ0n) is 32.0. The van der Waals surface area contributed by atoms with E-state index in [-0.39, 0.29) is 12.8 Å². The Morgan fingerprint density at radius 1 is 0.519 bits per heavy atom. The Kier molecular flexibility index (Phi) is 18.5. The van der Waals surface area contributed by atoms with Crippen LogP contribution in [0.15, 0.2) is 101 Å². The second-order valence-corrected chi connectivity index (χ2v) is 15.0. The first-order chi connectivity index (χ1) is 24.9. The molecule has 0 aromatic carbocycles. The molecule has 290 valence electrons. The molecule has 2 N–H and O–H groups in total. The van der Waals surface area contributed by atoms with Crippen molar-refractivity contribution in [3.05, 3.63) is 101 Å². The van der Waals surface area contributed by atoms with Gasteiger partial charge in [-0.3, -0.25) is 4.79 Å². The molecule has 0 aromatic heterocycles. The van der Waals surface area contributed by atoms with Crippen LogP contribution < -0.4 is 0 Å². The standard InChI is InChI=1S/C44H68N2O6/c1-9-25-40(26-10-2)33-22-34-41(27-11-3,28-12-4)45(40)51-44(39(49)50,37-21-19-17-18-20-24-38(47)48)52-46-42(29-13-5,30-14-6)35-23-36-43(46,31-15-7)32-16-8/h9-16H,1-8,17-37H2,(H,47,48)(H,49,50). The summed E-state index contributed by atoms with van der Waals surface area (Å²) in [6.45, 7) is 32.9. The van der Waals surface area contributed by atoms with Crippen molar-refractivity contribution in [3.63, 3.8) is 0 Å². The highest BCUT2D eigenvalue weighted by molar-refractivity contribution is 5.75. The Hall–Kier alpha value is -3.30. The number of carbonyl (C=O) groups is 2. The molecule has 8 heteroatoms. The summed E-state index contributed by atoms with van der Waals surface area (Å²) in [6, 6.07) is 0. The smallest absolute Gasteiger partial charge is 0.367 e. The lowest BCUT2D eigenvalue weighted by Crippen LogP contribution is -2.70. The van der Waals surface area contributed by atoms with Gasteiger partial charge in [-0.1, -0.05) is 67.9 Å². The molecule has 2 saturated heterocycles. The molecule has 0 atom stereocenters. The molecule has 2 fully saturated rings. The Labute approximate surface area is 314 Å². The summed E-state index contributed by atoms with van der Waals surface area (Å²) in [4.78, 5) is 39.8. The highest BCUT2D eigenvalue weighted by Crippen LogP contribution is 2.52. The number of hydrogen-bond donors (Lipinski definition) is 2. The number of hydrogen-bond acceptors (Lipinski definition) is 6. The molecule has 2 aliphatic heterocycles. The Balaban J connectivity index is 2.92. The molecular formula is C44H68N2O6. The van der Waals surface area contributed by atoms with E-state index in [0.29, 0.717) is 70.6 Å². The quantitative estimate of drug-likeness (QED) is 0.0447. The van der Waals surface area contributed by atoms with Gasteiger partial charge >= 0.3 is 17.7 Å². The molecule has 0 amide bonds. The topological polar surface area (TPSA) is 99.5 Å².